The molecular formula is C15H21N5O2. The molecule has 0 bridgehead atoms. The van der Waals surface area contributed by atoms with Crippen molar-refractivity contribution >= 4 is 6.03 Å². The van der Waals surface area contributed by atoms with E-state index in [2.05, 4.69) is 22.2 Å². The van der Waals surface area contributed by atoms with Crippen LogP contribution in [-0.4, -0.2) is 52.1 Å². The van der Waals surface area contributed by atoms with Gasteiger partial charge in [0.2, 0.25) is 0 Å². The summed E-state index contributed by atoms with van der Waals surface area (Å²) in [5.74, 6) is 0.981. The van der Waals surface area contributed by atoms with Crippen LogP contribution in [0.25, 0.3) is 0 Å². The number of nitrogens with zero attached hydrogens (tertiary/aromatic N) is 4. The maximum atomic E-state index is 12.3. The van der Waals surface area contributed by atoms with E-state index in [1.807, 2.05) is 28.8 Å². The van der Waals surface area contributed by atoms with Crippen LogP contribution in [0.5, 0.6) is 0 Å². The van der Waals surface area contributed by atoms with Gasteiger partial charge in [-0.05, 0) is 13.1 Å². The Morgan fingerprint density at radius 3 is 3.00 bits per heavy atom. The lowest BCUT2D eigenvalue weighted by Crippen LogP contribution is -2.52. The van der Waals surface area contributed by atoms with Gasteiger partial charge in [-0.3, -0.25) is 4.90 Å². The Balaban J connectivity index is 1.62. The van der Waals surface area contributed by atoms with E-state index in [1.165, 1.54) is 0 Å². The van der Waals surface area contributed by atoms with E-state index in [-0.39, 0.29) is 12.1 Å². The molecule has 3 rings (SSSR count). The molecule has 3 heterocycles. The van der Waals surface area contributed by atoms with Gasteiger partial charge in [-0.15, -0.1) is 0 Å². The van der Waals surface area contributed by atoms with E-state index in [0.717, 1.165) is 17.9 Å². The molecule has 2 amide bonds. The van der Waals surface area contributed by atoms with Crippen LogP contribution in [0.15, 0.2) is 35.4 Å². The summed E-state index contributed by atoms with van der Waals surface area (Å²) in [4.78, 5) is 20.8. The molecule has 7 heteroatoms. The lowest BCUT2D eigenvalue weighted by Gasteiger charge is -2.38. The number of aryl methyl sites for hydroxylation is 1. The summed E-state index contributed by atoms with van der Waals surface area (Å²) >= 11 is 0. The van der Waals surface area contributed by atoms with Crippen LogP contribution in [0.3, 0.4) is 0 Å². The first-order valence-electron chi connectivity index (χ1n) is 7.36. The second-order valence-corrected chi connectivity index (χ2v) is 5.63. The minimum absolute atomic E-state index is 0.0477. The Hall–Kier alpha value is -2.28. The van der Waals surface area contributed by atoms with Gasteiger partial charge in [-0.25, -0.2) is 9.78 Å². The molecule has 0 saturated carbocycles. The van der Waals surface area contributed by atoms with Gasteiger partial charge >= 0.3 is 6.03 Å². The molecule has 0 radical (unpaired) electrons. The minimum Gasteiger partial charge on any atom is -0.472 e. The topological polar surface area (TPSA) is 66.5 Å². The first-order valence-corrected chi connectivity index (χ1v) is 7.36. The van der Waals surface area contributed by atoms with Crippen molar-refractivity contribution in [3.8, 4) is 0 Å². The Bertz CT molecular complexity index is 622. The molecule has 1 aliphatic heterocycles. The Morgan fingerprint density at radius 1 is 1.45 bits per heavy atom. The van der Waals surface area contributed by atoms with Crippen LogP contribution >= 0.6 is 0 Å². The molecule has 118 valence electrons. The van der Waals surface area contributed by atoms with Crippen LogP contribution in [0, 0.1) is 0 Å². The maximum Gasteiger partial charge on any atom is 0.317 e. The van der Waals surface area contributed by atoms with Gasteiger partial charge < -0.3 is 19.2 Å². The monoisotopic (exact) mass is 303 g/mol. The van der Waals surface area contributed by atoms with Gasteiger partial charge in [0.15, 0.2) is 0 Å². The van der Waals surface area contributed by atoms with Gasteiger partial charge in [0.1, 0.15) is 5.82 Å². The number of hydrogen-bond donors (Lipinski definition) is 1. The molecule has 0 spiro atoms. The summed E-state index contributed by atoms with van der Waals surface area (Å²) in [6.07, 6.45) is 6.97. The molecule has 0 aliphatic carbocycles. The van der Waals surface area contributed by atoms with E-state index < -0.39 is 0 Å². The van der Waals surface area contributed by atoms with Crippen LogP contribution in [0.2, 0.25) is 0 Å². The van der Waals surface area contributed by atoms with Gasteiger partial charge in [0.05, 0.1) is 18.6 Å². The zero-order chi connectivity index (χ0) is 15.5. The third-order valence-corrected chi connectivity index (χ3v) is 4.12. The van der Waals surface area contributed by atoms with E-state index in [0.29, 0.717) is 19.6 Å². The number of imidazole rings is 1. The van der Waals surface area contributed by atoms with Gasteiger partial charge in [0.25, 0.3) is 0 Å². The highest BCUT2D eigenvalue weighted by molar-refractivity contribution is 5.74. The fraction of sp³-hybridized carbons (Fsp3) is 0.467. The lowest BCUT2D eigenvalue weighted by atomic mass is 10.1. The van der Waals surface area contributed by atoms with Crippen LogP contribution in [-0.2, 0) is 13.6 Å². The van der Waals surface area contributed by atoms with Crippen molar-refractivity contribution in [2.24, 2.45) is 7.05 Å². The number of urea groups is 1. The van der Waals surface area contributed by atoms with Crippen molar-refractivity contribution in [1.82, 2.24) is 24.7 Å². The van der Waals surface area contributed by atoms with Crippen molar-refractivity contribution in [2.75, 3.05) is 26.7 Å². The van der Waals surface area contributed by atoms with E-state index in [9.17, 15) is 4.79 Å². The molecular weight excluding hydrogens is 282 g/mol. The van der Waals surface area contributed by atoms with Crippen LogP contribution in [0.4, 0.5) is 4.79 Å². The molecule has 7 nitrogen and oxygen atoms in total. The highest BCUT2D eigenvalue weighted by Gasteiger charge is 2.30. The Kier molecular flexibility index (Phi) is 4.15. The average molecular weight is 303 g/mol. The number of hydrogen-bond acceptors (Lipinski definition) is 4. The molecule has 2 aromatic rings. The normalized spacial score (nSPS) is 19.4. The second-order valence-electron chi connectivity index (χ2n) is 5.63. The fourth-order valence-corrected chi connectivity index (χ4v) is 2.72. The van der Waals surface area contributed by atoms with Crippen molar-refractivity contribution in [3.05, 3.63) is 42.4 Å². The molecule has 0 aromatic carbocycles. The van der Waals surface area contributed by atoms with E-state index >= 15 is 0 Å². The summed E-state index contributed by atoms with van der Waals surface area (Å²) < 4.78 is 7.01. The molecule has 22 heavy (non-hydrogen) atoms. The predicted molar refractivity (Wildman–Crippen MR) is 81.1 cm³/mol. The molecule has 1 N–H and O–H groups in total. The smallest absolute Gasteiger partial charge is 0.317 e. The molecule has 1 fully saturated rings. The van der Waals surface area contributed by atoms with Crippen molar-refractivity contribution < 1.29 is 9.21 Å². The fourth-order valence-electron chi connectivity index (χ4n) is 2.72. The van der Waals surface area contributed by atoms with Crippen LogP contribution in [0.1, 0.15) is 17.4 Å². The number of furan rings is 1. The van der Waals surface area contributed by atoms with E-state index in [4.69, 9.17) is 4.42 Å². The molecule has 2 aromatic heterocycles. The third kappa shape index (κ3) is 2.99. The van der Waals surface area contributed by atoms with Crippen molar-refractivity contribution in [1.29, 1.82) is 0 Å². The number of likely N-dealkylation sites (N-methyl/N-ethyl adjacent to an activating group) is 1. The highest BCUT2D eigenvalue weighted by atomic mass is 16.3. The van der Waals surface area contributed by atoms with E-state index in [1.54, 1.807) is 18.7 Å². The number of amides is 2. The summed E-state index contributed by atoms with van der Waals surface area (Å²) in [6, 6.07) is 1.92. The second kappa shape index (κ2) is 6.23. The third-order valence-electron chi connectivity index (χ3n) is 4.12. The van der Waals surface area contributed by atoms with Gasteiger partial charge in [-0.2, -0.15) is 0 Å². The standard InChI is InChI=1S/C15H21N5O2/c1-18-6-7-20(10-13(18)14-16-4-5-19(14)2)15(21)17-9-12-3-8-22-11-12/h3-5,8,11,13H,6-7,9-10H2,1-2H3,(H,17,21). The number of rotatable bonds is 3. The quantitative estimate of drug-likeness (QED) is 0.925. The summed E-state index contributed by atoms with van der Waals surface area (Å²) in [7, 11) is 4.05. The molecule has 1 saturated heterocycles. The first kappa shape index (κ1) is 14.6. The lowest BCUT2D eigenvalue weighted by molar-refractivity contribution is 0.104. The summed E-state index contributed by atoms with van der Waals surface area (Å²) in [6.45, 7) is 2.67. The zero-order valence-corrected chi connectivity index (χ0v) is 12.9. The number of piperazine rings is 1. The van der Waals surface area contributed by atoms with Crippen LogP contribution < -0.4 is 5.32 Å². The number of carbonyl (C=O) groups excluding carboxylic acids is 1. The SMILES string of the molecule is CN1CCN(C(=O)NCc2ccoc2)CC1c1nccn1C. The van der Waals surface area contributed by atoms with Crippen molar-refractivity contribution in [2.45, 2.75) is 12.6 Å². The van der Waals surface area contributed by atoms with Gasteiger partial charge in [-0.1, -0.05) is 0 Å². The summed E-state index contributed by atoms with van der Waals surface area (Å²) in [5.41, 5.74) is 0.961. The first-order chi connectivity index (χ1) is 10.6. The molecule has 1 unspecified atom stereocenters. The minimum atomic E-state index is -0.0477. The van der Waals surface area contributed by atoms with Gasteiger partial charge in [0, 0.05) is 51.2 Å². The largest absolute Gasteiger partial charge is 0.472 e. The number of carbonyl (C=O) groups is 1. The Labute approximate surface area is 129 Å². The highest BCUT2D eigenvalue weighted by Crippen LogP contribution is 2.22. The summed E-state index contributed by atoms with van der Waals surface area (Å²) in [5, 5.41) is 2.93. The van der Waals surface area contributed by atoms with Crippen molar-refractivity contribution in [3.63, 3.8) is 0 Å². The maximum absolute atomic E-state index is 12.3. The predicted octanol–water partition coefficient (Wildman–Crippen LogP) is 1.21. The Morgan fingerprint density at radius 2 is 2.32 bits per heavy atom. The average Bonchev–Trinajstić information content (AvgIpc) is 3.17. The number of aromatic nitrogens is 2. The number of nitrogens with one attached hydrogen (secondary N) is 1. The molecule has 1 atom stereocenters. The zero-order valence-electron chi connectivity index (χ0n) is 12.9. The molecule has 1 aliphatic rings.